The van der Waals surface area contributed by atoms with E-state index in [1.54, 1.807) is 25.2 Å². The topological polar surface area (TPSA) is 104 Å². The quantitative estimate of drug-likeness (QED) is 0.323. The van der Waals surface area contributed by atoms with Gasteiger partial charge in [0.15, 0.2) is 0 Å². The fourth-order valence-electron chi connectivity index (χ4n) is 6.85. The Morgan fingerprint density at radius 2 is 1.84 bits per heavy atom. The van der Waals surface area contributed by atoms with Gasteiger partial charge >= 0.3 is 11.9 Å². The Balaban J connectivity index is 1.51. The maximum absolute atomic E-state index is 12.9. The number of cyclic esters (lactones) is 1. The number of allylic oxidation sites excluding steroid dienone is 3. The highest BCUT2D eigenvalue weighted by Crippen LogP contribution is 2.72. The lowest BCUT2D eigenvalue weighted by molar-refractivity contribution is -0.232. The zero-order valence-corrected chi connectivity index (χ0v) is 22.1. The molecule has 37 heavy (non-hydrogen) atoms. The Labute approximate surface area is 218 Å². The average molecular weight is 515 g/mol. The number of epoxide rings is 1. The van der Waals surface area contributed by atoms with Gasteiger partial charge in [-0.2, -0.15) is 0 Å². The SMILES string of the molecule is CC1=C[C@H]2O[C@@H]3C[C@H]4OC(=O)C=C/C=C/[C@H]([C@@H](C)O)OCC/C(C)=C/C(=O)OC[C@@]2(CC1)[C@@]4(C)[C@]31CO1. The molecule has 0 aromatic rings. The molecule has 2 saturated heterocycles. The van der Waals surface area contributed by atoms with E-state index in [2.05, 4.69) is 19.9 Å². The third-order valence-corrected chi connectivity index (χ3v) is 9.24. The van der Waals surface area contributed by atoms with Gasteiger partial charge in [-0.1, -0.05) is 42.4 Å². The van der Waals surface area contributed by atoms with Crippen molar-refractivity contribution in [1.82, 2.24) is 0 Å². The van der Waals surface area contributed by atoms with Crippen LogP contribution in [0.4, 0.5) is 0 Å². The van der Waals surface area contributed by atoms with Crippen LogP contribution in [-0.4, -0.2) is 73.0 Å². The molecule has 0 aromatic heterocycles. The molecular formula is C29H38O8. The summed E-state index contributed by atoms with van der Waals surface area (Å²) >= 11 is 0. The minimum absolute atomic E-state index is 0.144. The van der Waals surface area contributed by atoms with Crippen LogP contribution < -0.4 is 0 Å². The van der Waals surface area contributed by atoms with Crippen molar-refractivity contribution in [3.05, 3.63) is 47.6 Å². The van der Waals surface area contributed by atoms with Gasteiger partial charge in [-0.25, -0.2) is 9.59 Å². The Kier molecular flexibility index (Phi) is 6.98. The van der Waals surface area contributed by atoms with E-state index in [0.717, 1.165) is 18.4 Å². The van der Waals surface area contributed by atoms with E-state index >= 15 is 0 Å². The third-order valence-electron chi connectivity index (χ3n) is 9.24. The molecule has 0 aromatic carbocycles. The highest BCUT2D eigenvalue weighted by Gasteiger charge is 2.83. The molecule has 3 fully saturated rings. The lowest BCUT2D eigenvalue weighted by Crippen LogP contribution is -2.66. The maximum atomic E-state index is 12.9. The smallest absolute Gasteiger partial charge is 0.331 e. The number of hydrogen-bond donors (Lipinski definition) is 1. The molecule has 1 N–H and O–H groups in total. The van der Waals surface area contributed by atoms with E-state index in [1.165, 1.54) is 17.7 Å². The standard InChI is InChI=1S/C29H38O8/c1-18-9-11-28-16-34-26(32)14-19(2)10-12-33-21(20(3)30)7-5-6-8-25(31)37-22-15-24(36-23(28)13-18)29(17-35-29)27(22,28)4/h5-8,13-14,20-24,30H,9-12,15-17H2,1-4H3/b7-5+,8-6?,19-14+/t20-,21-,22-,23-,24-,27+,28-,29+/m1/s1. The van der Waals surface area contributed by atoms with Crippen LogP contribution in [-0.2, 0) is 33.3 Å². The van der Waals surface area contributed by atoms with Gasteiger partial charge in [-0.15, -0.1) is 0 Å². The second kappa shape index (κ2) is 9.80. The molecule has 0 amide bonds. The molecule has 0 unspecified atom stereocenters. The van der Waals surface area contributed by atoms with Gasteiger partial charge in [0.25, 0.3) is 0 Å². The van der Waals surface area contributed by atoms with Crippen molar-refractivity contribution < 1.29 is 38.4 Å². The molecule has 3 heterocycles. The predicted molar refractivity (Wildman–Crippen MR) is 134 cm³/mol. The fourth-order valence-corrected chi connectivity index (χ4v) is 6.85. The van der Waals surface area contributed by atoms with Gasteiger partial charge in [0, 0.05) is 24.0 Å². The predicted octanol–water partition coefficient (Wildman–Crippen LogP) is 3.34. The summed E-state index contributed by atoms with van der Waals surface area (Å²) in [6.45, 7) is 8.73. The zero-order valence-electron chi connectivity index (χ0n) is 22.1. The number of aliphatic hydroxyl groups is 1. The van der Waals surface area contributed by atoms with Crippen molar-refractivity contribution in [3.8, 4) is 0 Å². The Hall–Kier alpha value is -2.26. The van der Waals surface area contributed by atoms with E-state index in [0.29, 0.717) is 26.1 Å². The lowest BCUT2D eigenvalue weighted by atomic mass is 9.51. The lowest BCUT2D eigenvalue weighted by Gasteiger charge is -2.58. The van der Waals surface area contributed by atoms with Crippen LogP contribution in [0.5, 0.6) is 0 Å². The molecule has 5 rings (SSSR count). The van der Waals surface area contributed by atoms with Crippen LogP contribution in [0.3, 0.4) is 0 Å². The van der Waals surface area contributed by atoms with Crippen molar-refractivity contribution in [2.75, 3.05) is 19.8 Å². The molecule has 0 radical (unpaired) electrons. The first-order valence-corrected chi connectivity index (χ1v) is 13.3. The zero-order chi connectivity index (χ0) is 26.4. The maximum Gasteiger partial charge on any atom is 0.331 e. The van der Waals surface area contributed by atoms with Crippen molar-refractivity contribution >= 4 is 11.9 Å². The first-order valence-electron chi connectivity index (χ1n) is 13.3. The average Bonchev–Trinajstić information content (AvgIpc) is 3.61. The Bertz CT molecular complexity index is 1050. The number of carbonyl (C=O) groups is 2. The molecule has 8 nitrogen and oxygen atoms in total. The van der Waals surface area contributed by atoms with E-state index < -0.39 is 46.7 Å². The van der Waals surface area contributed by atoms with Gasteiger partial charge in [0.2, 0.25) is 0 Å². The molecule has 2 bridgehead atoms. The highest BCUT2D eigenvalue weighted by molar-refractivity contribution is 5.83. The van der Waals surface area contributed by atoms with Crippen LogP contribution in [0.1, 0.15) is 53.4 Å². The molecule has 8 atom stereocenters. The summed E-state index contributed by atoms with van der Waals surface area (Å²) in [5.41, 5.74) is 0.318. The molecule has 8 heteroatoms. The largest absolute Gasteiger partial charge is 0.462 e. The number of esters is 2. The normalized spacial score (nSPS) is 45.3. The van der Waals surface area contributed by atoms with Crippen molar-refractivity contribution in [1.29, 1.82) is 0 Å². The summed E-state index contributed by atoms with van der Waals surface area (Å²) in [5.74, 6) is -0.879. The molecular weight excluding hydrogens is 476 g/mol. The van der Waals surface area contributed by atoms with Crippen molar-refractivity contribution in [2.45, 2.75) is 89.5 Å². The van der Waals surface area contributed by atoms with Crippen LogP contribution in [0.2, 0.25) is 0 Å². The number of aliphatic hydroxyl groups excluding tert-OH is 1. The minimum Gasteiger partial charge on any atom is -0.462 e. The van der Waals surface area contributed by atoms with Gasteiger partial charge in [-0.3, -0.25) is 0 Å². The van der Waals surface area contributed by atoms with Crippen LogP contribution in [0.15, 0.2) is 47.6 Å². The number of hydrogen-bond acceptors (Lipinski definition) is 8. The molecule has 2 aliphatic carbocycles. The first kappa shape index (κ1) is 26.4. The second-order valence-electron chi connectivity index (χ2n) is 11.4. The second-order valence-corrected chi connectivity index (χ2v) is 11.4. The van der Waals surface area contributed by atoms with Gasteiger partial charge in [0.05, 0.1) is 36.9 Å². The molecule has 1 saturated carbocycles. The van der Waals surface area contributed by atoms with E-state index in [1.807, 2.05) is 6.92 Å². The molecule has 3 aliphatic heterocycles. The molecule has 202 valence electrons. The molecule has 2 spiro atoms. The molecule has 5 aliphatic rings. The summed E-state index contributed by atoms with van der Waals surface area (Å²) in [6, 6.07) is 0. The van der Waals surface area contributed by atoms with Gasteiger partial charge in [-0.05, 0) is 40.0 Å². The van der Waals surface area contributed by atoms with Crippen LogP contribution in [0.25, 0.3) is 0 Å². The van der Waals surface area contributed by atoms with Crippen molar-refractivity contribution in [3.63, 3.8) is 0 Å². The van der Waals surface area contributed by atoms with E-state index in [4.69, 9.17) is 23.7 Å². The first-order chi connectivity index (χ1) is 17.6. The van der Waals surface area contributed by atoms with Gasteiger partial charge in [0.1, 0.15) is 24.4 Å². The van der Waals surface area contributed by atoms with E-state index in [-0.39, 0.29) is 18.8 Å². The Morgan fingerprint density at radius 3 is 2.57 bits per heavy atom. The highest BCUT2D eigenvalue weighted by atomic mass is 16.6. The van der Waals surface area contributed by atoms with Crippen molar-refractivity contribution in [2.24, 2.45) is 10.8 Å². The fraction of sp³-hybridized carbons (Fsp3) is 0.655. The summed E-state index contributed by atoms with van der Waals surface area (Å²) in [6.07, 6.45) is 10.5. The number of ether oxygens (including phenoxy) is 5. The Morgan fingerprint density at radius 1 is 1.05 bits per heavy atom. The summed E-state index contributed by atoms with van der Waals surface area (Å²) in [5, 5.41) is 10.0. The third kappa shape index (κ3) is 4.42. The summed E-state index contributed by atoms with van der Waals surface area (Å²) < 4.78 is 30.6. The monoisotopic (exact) mass is 514 g/mol. The number of carbonyl (C=O) groups excluding carboxylic acids is 2. The van der Waals surface area contributed by atoms with Gasteiger partial charge < -0.3 is 28.8 Å². The van der Waals surface area contributed by atoms with E-state index in [9.17, 15) is 14.7 Å². The van der Waals surface area contributed by atoms with Crippen LogP contribution in [0, 0.1) is 10.8 Å². The van der Waals surface area contributed by atoms with Crippen LogP contribution >= 0.6 is 0 Å². The number of rotatable bonds is 1. The minimum atomic E-state index is -0.735. The summed E-state index contributed by atoms with van der Waals surface area (Å²) in [4.78, 5) is 25.9. The summed E-state index contributed by atoms with van der Waals surface area (Å²) in [7, 11) is 0.